The van der Waals surface area contributed by atoms with Crippen LogP contribution in [0.15, 0.2) is 30.3 Å². The molecule has 0 radical (unpaired) electrons. The van der Waals surface area contributed by atoms with Gasteiger partial charge in [-0.25, -0.2) is 0 Å². The van der Waals surface area contributed by atoms with Crippen LogP contribution in [0.3, 0.4) is 0 Å². The van der Waals surface area contributed by atoms with Gasteiger partial charge >= 0.3 is 0 Å². The van der Waals surface area contributed by atoms with Gasteiger partial charge in [0.15, 0.2) is 5.69 Å². The Morgan fingerprint density at radius 2 is 2.15 bits per heavy atom. The van der Waals surface area contributed by atoms with Crippen LogP contribution in [0.2, 0.25) is 0 Å². The van der Waals surface area contributed by atoms with E-state index >= 15 is 0 Å². The van der Waals surface area contributed by atoms with Gasteiger partial charge in [-0.2, -0.15) is 5.10 Å². The van der Waals surface area contributed by atoms with Crippen LogP contribution in [0.25, 0.3) is 0 Å². The number of nitrogens with zero attached hydrogens (tertiary/aromatic N) is 3. The zero-order chi connectivity index (χ0) is 14.3. The molecule has 0 saturated heterocycles. The molecule has 104 valence electrons. The van der Waals surface area contributed by atoms with E-state index in [0.717, 1.165) is 24.3 Å². The van der Waals surface area contributed by atoms with Gasteiger partial charge in [0.2, 0.25) is 0 Å². The first-order chi connectivity index (χ1) is 9.61. The van der Waals surface area contributed by atoms with Crippen LogP contribution in [-0.2, 0) is 13.0 Å². The lowest BCUT2D eigenvalue weighted by molar-refractivity contribution is 0.0976. The van der Waals surface area contributed by atoms with Gasteiger partial charge in [0.25, 0.3) is 5.91 Å². The lowest BCUT2D eigenvalue weighted by Gasteiger charge is -2.21. The molecular weight excluding hydrogens is 250 g/mol. The zero-order valence-corrected chi connectivity index (χ0v) is 12.1. The van der Waals surface area contributed by atoms with Crippen molar-refractivity contribution >= 4 is 11.6 Å². The van der Waals surface area contributed by atoms with E-state index in [9.17, 15) is 4.79 Å². The molecule has 1 aliphatic heterocycles. The quantitative estimate of drug-likeness (QED) is 0.840. The number of amides is 1. The minimum atomic E-state index is -0.00208. The van der Waals surface area contributed by atoms with Gasteiger partial charge < -0.3 is 4.90 Å². The Balaban J connectivity index is 1.98. The number of carbonyl (C=O) groups is 1. The number of carbonyl (C=O) groups excluding carboxylic acids is 1. The number of aryl methyl sites for hydroxylation is 2. The molecule has 1 aromatic heterocycles. The van der Waals surface area contributed by atoms with Crippen LogP contribution in [-0.4, -0.2) is 21.7 Å². The van der Waals surface area contributed by atoms with Crippen molar-refractivity contribution in [2.24, 2.45) is 0 Å². The average Bonchev–Trinajstić information content (AvgIpc) is 2.97. The molecule has 0 N–H and O–H groups in total. The summed E-state index contributed by atoms with van der Waals surface area (Å²) < 4.78 is 1.86. The maximum absolute atomic E-state index is 12.8. The summed E-state index contributed by atoms with van der Waals surface area (Å²) in [4.78, 5) is 14.6. The summed E-state index contributed by atoms with van der Waals surface area (Å²) in [5.74, 6) is -0.00208. The van der Waals surface area contributed by atoms with Crippen molar-refractivity contribution in [2.75, 3.05) is 4.90 Å². The largest absolute Gasteiger partial charge is 0.304 e. The van der Waals surface area contributed by atoms with E-state index in [4.69, 9.17) is 0 Å². The molecule has 1 atom stereocenters. The van der Waals surface area contributed by atoms with E-state index in [2.05, 4.69) is 18.1 Å². The van der Waals surface area contributed by atoms with Gasteiger partial charge in [0, 0.05) is 24.0 Å². The number of aromatic nitrogens is 2. The third-order valence-electron chi connectivity index (χ3n) is 3.93. The smallest absolute Gasteiger partial charge is 0.279 e. The van der Waals surface area contributed by atoms with Crippen molar-refractivity contribution in [3.8, 4) is 0 Å². The Labute approximate surface area is 119 Å². The summed E-state index contributed by atoms with van der Waals surface area (Å²) >= 11 is 0. The summed E-state index contributed by atoms with van der Waals surface area (Å²) in [6.45, 7) is 6.88. The van der Waals surface area contributed by atoms with Gasteiger partial charge in [0.1, 0.15) is 0 Å². The highest BCUT2D eigenvalue weighted by Crippen LogP contribution is 2.32. The van der Waals surface area contributed by atoms with E-state index in [-0.39, 0.29) is 11.9 Å². The summed E-state index contributed by atoms with van der Waals surface area (Å²) in [5.41, 5.74) is 3.82. The van der Waals surface area contributed by atoms with Crippen molar-refractivity contribution in [1.29, 1.82) is 0 Å². The number of anilines is 1. The molecule has 0 aliphatic carbocycles. The van der Waals surface area contributed by atoms with Crippen LogP contribution in [0.1, 0.15) is 35.6 Å². The number of para-hydroxylation sites is 1. The molecule has 4 nitrogen and oxygen atoms in total. The zero-order valence-electron chi connectivity index (χ0n) is 12.1. The lowest BCUT2D eigenvalue weighted by atomic mass is 10.1. The minimum absolute atomic E-state index is 0.00208. The molecule has 2 heterocycles. The van der Waals surface area contributed by atoms with E-state index in [1.54, 1.807) is 0 Å². The van der Waals surface area contributed by atoms with Gasteiger partial charge in [-0.1, -0.05) is 18.2 Å². The van der Waals surface area contributed by atoms with Crippen molar-refractivity contribution in [2.45, 2.75) is 39.8 Å². The molecule has 0 saturated carbocycles. The molecule has 0 spiro atoms. The number of benzene rings is 1. The molecule has 1 aliphatic rings. The summed E-state index contributed by atoms with van der Waals surface area (Å²) in [6, 6.07) is 10.2. The number of hydrogen-bond donors (Lipinski definition) is 0. The van der Waals surface area contributed by atoms with E-state index in [0.29, 0.717) is 5.69 Å². The molecule has 1 amide bonds. The van der Waals surface area contributed by atoms with Gasteiger partial charge in [-0.3, -0.25) is 9.48 Å². The topological polar surface area (TPSA) is 38.1 Å². The lowest BCUT2D eigenvalue weighted by Crippen LogP contribution is -2.36. The Morgan fingerprint density at radius 3 is 2.85 bits per heavy atom. The van der Waals surface area contributed by atoms with Crippen LogP contribution in [0.4, 0.5) is 5.69 Å². The maximum atomic E-state index is 12.8. The molecule has 1 unspecified atom stereocenters. The molecule has 3 rings (SSSR count). The predicted molar refractivity (Wildman–Crippen MR) is 79.1 cm³/mol. The molecule has 1 aromatic carbocycles. The SMILES string of the molecule is CCn1nc(C(=O)N2c3ccccc3CC2C)cc1C. The Morgan fingerprint density at radius 1 is 1.40 bits per heavy atom. The fourth-order valence-corrected chi connectivity index (χ4v) is 2.93. The number of rotatable bonds is 2. The van der Waals surface area contributed by atoms with Gasteiger partial charge in [0.05, 0.1) is 0 Å². The second kappa shape index (κ2) is 4.78. The monoisotopic (exact) mass is 269 g/mol. The van der Waals surface area contributed by atoms with Crippen molar-refractivity contribution < 1.29 is 4.79 Å². The Bertz CT molecular complexity index is 659. The third-order valence-corrected chi connectivity index (χ3v) is 3.93. The molecule has 2 aromatic rings. The van der Waals surface area contributed by atoms with Crippen LogP contribution < -0.4 is 4.90 Å². The predicted octanol–water partition coefficient (Wildman–Crippen LogP) is 2.80. The van der Waals surface area contributed by atoms with Crippen LogP contribution in [0.5, 0.6) is 0 Å². The molecule has 4 heteroatoms. The van der Waals surface area contributed by atoms with E-state index < -0.39 is 0 Å². The second-order valence-electron chi connectivity index (χ2n) is 5.34. The average molecular weight is 269 g/mol. The second-order valence-corrected chi connectivity index (χ2v) is 5.34. The fraction of sp³-hybridized carbons (Fsp3) is 0.375. The highest BCUT2D eigenvalue weighted by atomic mass is 16.2. The first-order valence-corrected chi connectivity index (χ1v) is 7.07. The van der Waals surface area contributed by atoms with E-state index in [1.807, 2.05) is 47.7 Å². The van der Waals surface area contributed by atoms with Gasteiger partial charge in [-0.05, 0) is 44.9 Å². The van der Waals surface area contributed by atoms with Crippen molar-refractivity contribution in [3.63, 3.8) is 0 Å². The number of fused-ring (bicyclic) bond motifs is 1. The number of hydrogen-bond acceptors (Lipinski definition) is 2. The highest BCUT2D eigenvalue weighted by molar-refractivity contribution is 6.06. The molecular formula is C16H19N3O. The van der Waals surface area contributed by atoms with Gasteiger partial charge in [-0.15, -0.1) is 0 Å². The summed E-state index contributed by atoms with van der Waals surface area (Å²) in [7, 11) is 0. The molecule has 0 fully saturated rings. The van der Waals surface area contributed by atoms with Crippen LogP contribution in [0, 0.1) is 6.92 Å². The Hall–Kier alpha value is -2.10. The minimum Gasteiger partial charge on any atom is -0.304 e. The standard InChI is InChI=1S/C16H19N3O/c1-4-18-11(2)10-14(17-18)16(20)19-12(3)9-13-7-5-6-8-15(13)19/h5-8,10,12H,4,9H2,1-3H3. The molecule has 20 heavy (non-hydrogen) atoms. The van der Waals surface area contributed by atoms with Crippen molar-refractivity contribution in [1.82, 2.24) is 9.78 Å². The fourth-order valence-electron chi connectivity index (χ4n) is 2.93. The normalized spacial score (nSPS) is 17.4. The summed E-state index contributed by atoms with van der Waals surface area (Å²) in [5, 5.41) is 4.41. The highest BCUT2D eigenvalue weighted by Gasteiger charge is 2.32. The first kappa shape index (κ1) is 12.9. The third kappa shape index (κ3) is 1.92. The van der Waals surface area contributed by atoms with E-state index in [1.165, 1.54) is 5.56 Å². The summed E-state index contributed by atoms with van der Waals surface area (Å²) in [6.07, 6.45) is 0.912. The Kier molecular flexibility index (Phi) is 3.08. The molecule has 0 bridgehead atoms. The first-order valence-electron chi connectivity index (χ1n) is 7.07. The maximum Gasteiger partial charge on any atom is 0.279 e. The van der Waals surface area contributed by atoms with Crippen molar-refractivity contribution in [3.05, 3.63) is 47.3 Å². The van der Waals surface area contributed by atoms with Crippen LogP contribution >= 0.6 is 0 Å².